The fourth-order valence-electron chi connectivity index (χ4n) is 2.72. The van der Waals surface area contributed by atoms with Gasteiger partial charge < -0.3 is 10.0 Å². The molecule has 1 aromatic heterocycles. The number of hydrogen-bond acceptors (Lipinski definition) is 3. The van der Waals surface area contributed by atoms with Crippen molar-refractivity contribution < 1.29 is 5.11 Å². The van der Waals surface area contributed by atoms with Crippen molar-refractivity contribution in [3.8, 4) is 0 Å². The van der Waals surface area contributed by atoms with Crippen molar-refractivity contribution in [1.29, 1.82) is 0 Å². The summed E-state index contributed by atoms with van der Waals surface area (Å²) in [5, 5.41) is 9.48. The Kier molecular flexibility index (Phi) is 3.61. The third-order valence-corrected chi connectivity index (χ3v) is 4.00. The SMILES string of the molecule is CC(C)(C)c1cc(CO)cc(N2CCCC2(C)C)n1. The number of aliphatic hydroxyl groups excluding tert-OH is 1. The van der Waals surface area contributed by atoms with Crippen LogP contribution in [0.25, 0.3) is 0 Å². The molecule has 2 heterocycles. The molecule has 1 aromatic rings. The van der Waals surface area contributed by atoms with E-state index < -0.39 is 0 Å². The van der Waals surface area contributed by atoms with Crippen LogP contribution in [0, 0.1) is 0 Å². The lowest BCUT2D eigenvalue weighted by atomic mass is 9.90. The quantitative estimate of drug-likeness (QED) is 0.889. The average molecular weight is 262 g/mol. The minimum absolute atomic E-state index is 0.00377. The lowest BCUT2D eigenvalue weighted by Gasteiger charge is -2.34. The van der Waals surface area contributed by atoms with Crippen LogP contribution in [0.5, 0.6) is 0 Å². The standard InChI is InChI=1S/C16H26N2O/c1-15(2,3)13-9-12(11-19)10-14(17-13)18-8-6-7-16(18,4)5/h9-10,19H,6-8,11H2,1-5H3. The highest BCUT2D eigenvalue weighted by Gasteiger charge is 2.33. The number of hydrogen-bond donors (Lipinski definition) is 1. The Labute approximate surface area is 116 Å². The molecule has 1 saturated heterocycles. The molecule has 0 radical (unpaired) electrons. The molecule has 1 aliphatic heterocycles. The average Bonchev–Trinajstić information content (AvgIpc) is 2.67. The number of aliphatic hydroxyl groups is 1. The summed E-state index contributed by atoms with van der Waals surface area (Å²) in [6.07, 6.45) is 2.41. The smallest absolute Gasteiger partial charge is 0.129 e. The van der Waals surface area contributed by atoms with Gasteiger partial charge in [0.05, 0.1) is 6.61 Å². The van der Waals surface area contributed by atoms with Crippen molar-refractivity contribution in [1.82, 2.24) is 4.98 Å². The first kappa shape index (κ1) is 14.3. The molecule has 0 amide bonds. The molecule has 0 atom stereocenters. The van der Waals surface area contributed by atoms with Crippen molar-refractivity contribution in [2.75, 3.05) is 11.4 Å². The summed E-state index contributed by atoms with van der Waals surface area (Å²) in [6.45, 7) is 12.2. The van der Waals surface area contributed by atoms with E-state index in [0.29, 0.717) is 0 Å². The van der Waals surface area contributed by atoms with Crippen LogP contribution in [0.1, 0.15) is 58.7 Å². The van der Waals surface area contributed by atoms with Gasteiger partial charge in [0, 0.05) is 23.2 Å². The van der Waals surface area contributed by atoms with Crippen LogP contribution in [-0.4, -0.2) is 22.2 Å². The molecule has 1 N–H and O–H groups in total. The van der Waals surface area contributed by atoms with E-state index in [0.717, 1.165) is 23.6 Å². The molecule has 1 fully saturated rings. The van der Waals surface area contributed by atoms with E-state index in [1.54, 1.807) is 0 Å². The monoisotopic (exact) mass is 262 g/mol. The summed E-state index contributed by atoms with van der Waals surface area (Å²) in [6, 6.07) is 4.05. The van der Waals surface area contributed by atoms with Gasteiger partial charge in [0.15, 0.2) is 0 Å². The van der Waals surface area contributed by atoms with Crippen LogP contribution in [0.2, 0.25) is 0 Å². The third-order valence-electron chi connectivity index (χ3n) is 4.00. The van der Waals surface area contributed by atoms with Gasteiger partial charge in [-0.2, -0.15) is 0 Å². The summed E-state index contributed by atoms with van der Waals surface area (Å²) in [4.78, 5) is 7.22. The zero-order chi connectivity index (χ0) is 14.3. The maximum absolute atomic E-state index is 9.48. The van der Waals surface area contributed by atoms with Crippen molar-refractivity contribution >= 4 is 5.82 Å². The molecule has 1 aliphatic rings. The van der Waals surface area contributed by atoms with Gasteiger partial charge in [0.25, 0.3) is 0 Å². The van der Waals surface area contributed by atoms with E-state index in [1.807, 2.05) is 12.1 Å². The van der Waals surface area contributed by atoms with Gasteiger partial charge in [0.1, 0.15) is 5.82 Å². The Morgan fingerprint density at radius 2 is 2.00 bits per heavy atom. The van der Waals surface area contributed by atoms with Gasteiger partial charge in [-0.15, -0.1) is 0 Å². The van der Waals surface area contributed by atoms with E-state index in [-0.39, 0.29) is 17.6 Å². The third kappa shape index (κ3) is 2.92. The fraction of sp³-hybridized carbons (Fsp3) is 0.688. The summed E-state index contributed by atoms with van der Waals surface area (Å²) in [7, 11) is 0. The number of rotatable bonds is 2. The van der Waals surface area contributed by atoms with Crippen LogP contribution in [0.4, 0.5) is 5.82 Å². The van der Waals surface area contributed by atoms with Crippen LogP contribution >= 0.6 is 0 Å². The molecule has 0 aliphatic carbocycles. The Morgan fingerprint density at radius 3 is 2.47 bits per heavy atom. The number of aromatic nitrogens is 1. The lowest BCUT2D eigenvalue weighted by molar-refractivity contribution is 0.281. The molecular formula is C16H26N2O. The molecular weight excluding hydrogens is 236 g/mol. The Bertz CT molecular complexity index is 460. The highest BCUT2D eigenvalue weighted by molar-refractivity contribution is 5.47. The van der Waals surface area contributed by atoms with Gasteiger partial charge in [-0.05, 0) is 44.4 Å². The van der Waals surface area contributed by atoms with E-state index in [9.17, 15) is 5.11 Å². The summed E-state index contributed by atoms with van der Waals surface area (Å²) < 4.78 is 0. The number of anilines is 1. The van der Waals surface area contributed by atoms with Crippen molar-refractivity contribution in [3.63, 3.8) is 0 Å². The van der Waals surface area contributed by atoms with Gasteiger partial charge in [-0.1, -0.05) is 20.8 Å². The first-order chi connectivity index (χ1) is 8.74. The normalized spacial score (nSPS) is 18.9. The molecule has 106 valence electrons. The Morgan fingerprint density at radius 1 is 1.32 bits per heavy atom. The Balaban J connectivity index is 2.46. The van der Waals surface area contributed by atoms with Gasteiger partial charge >= 0.3 is 0 Å². The van der Waals surface area contributed by atoms with E-state index in [2.05, 4.69) is 39.5 Å². The largest absolute Gasteiger partial charge is 0.392 e. The van der Waals surface area contributed by atoms with Crippen molar-refractivity contribution in [2.45, 2.75) is 65.0 Å². The molecule has 3 nitrogen and oxygen atoms in total. The highest BCUT2D eigenvalue weighted by atomic mass is 16.3. The molecule has 19 heavy (non-hydrogen) atoms. The minimum atomic E-state index is 0.00377. The maximum atomic E-state index is 9.48. The molecule has 0 bridgehead atoms. The second-order valence-corrected chi connectivity index (χ2v) is 7.19. The fourth-order valence-corrected chi connectivity index (χ4v) is 2.72. The van der Waals surface area contributed by atoms with Crippen LogP contribution in [0.15, 0.2) is 12.1 Å². The van der Waals surface area contributed by atoms with Gasteiger partial charge in [-0.25, -0.2) is 4.98 Å². The Hall–Kier alpha value is -1.09. The lowest BCUT2D eigenvalue weighted by Crippen LogP contribution is -2.39. The summed E-state index contributed by atoms with van der Waals surface area (Å²) >= 11 is 0. The zero-order valence-electron chi connectivity index (χ0n) is 12.8. The second-order valence-electron chi connectivity index (χ2n) is 7.19. The predicted molar refractivity (Wildman–Crippen MR) is 79.5 cm³/mol. The molecule has 3 heteroatoms. The summed E-state index contributed by atoms with van der Waals surface area (Å²) in [5.74, 6) is 1.01. The molecule has 0 unspecified atom stereocenters. The number of nitrogens with zero attached hydrogens (tertiary/aromatic N) is 2. The van der Waals surface area contributed by atoms with Crippen molar-refractivity contribution in [2.24, 2.45) is 0 Å². The minimum Gasteiger partial charge on any atom is -0.392 e. The zero-order valence-corrected chi connectivity index (χ0v) is 12.8. The topological polar surface area (TPSA) is 36.4 Å². The van der Waals surface area contributed by atoms with Gasteiger partial charge in [0.2, 0.25) is 0 Å². The molecule has 2 rings (SSSR count). The first-order valence-corrected chi connectivity index (χ1v) is 7.14. The number of pyridine rings is 1. The van der Waals surface area contributed by atoms with E-state index in [1.165, 1.54) is 12.8 Å². The van der Waals surface area contributed by atoms with E-state index in [4.69, 9.17) is 4.98 Å². The van der Waals surface area contributed by atoms with Gasteiger partial charge in [-0.3, -0.25) is 0 Å². The van der Waals surface area contributed by atoms with E-state index >= 15 is 0 Å². The highest BCUT2D eigenvalue weighted by Crippen LogP contribution is 2.34. The molecule has 0 saturated carbocycles. The predicted octanol–water partition coefficient (Wildman–Crippen LogP) is 3.25. The van der Waals surface area contributed by atoms with Crippen LogP contribution in [0.3, 0.4) is 0 Å². The molecule has 0 aromatic carbocycles. The maximum Gasteiger partial charge on any atom is 0.129 e. The van der Waals surface area contributed by atoms with Crippen LogP contribution in [-0.2, 0) is 12.0 Å². The van der Waals surface area contributed by atoms with Crippen LogP contribution < -0.4 is 4.90 Å². The summed E-state index contributed by atoms with van der Waals surface area (Å²) in [5.41, 5.74) is 2.18. The second kappa shape index (κ2) is 4.78. The first-order valence-electron chi connectivity index (χ1n) is 7.14. The molecule has 0 spiro atoms. The van der Waals surface area contributed by atoms with Crippen molar-refractivity contribution in [3.05, 3.63) is 23.4 Å².